The van der Waals surface area contributed by atoms with Gasteiger partial charge in [0.05, 0.1) is 0 Å². The molecule has 0 amide bonds. The Balaban J connectivity index is 2.80. The van der Waals surface area contributed by atoms with Crippen LogP contribution in [0.4, 0.5) is 8.78 Å². The fourth-order valence-corrected chi connectivity index (χ4v) is 1.68. The van der Waals surface area contributed by atoms with Crippen molar-refractivity contribution < 1.29 is 8.78 Å². The molecule has 1 rings (SSSR count). The SMILES string of the molecule is CN(Cc1cc(F)ccc1F)C(C)(C)CCN. The topological polar surface area (TPSA) is 29.3 Å². The standard InChI is InChI=1S/C13H20F2N2/c1-13(2,6-7-16)17(3)9-10-8-11(14)4-5-12(10)15/h4-5,8H,6-7,9,16H2,1-3H3. The third kappa shape index (κ3) is 3.75. The number of hydrogen-bond donors (Lipinski definition) is 1. The molecule has 96 valence electrons. The van der Waals surface area contributed by atoms with Gasteiger partial charge < -0.3 is 5.73 Å². The van der Waals surface area contributed by atoms with E-state index >= 15 is 0 Å². The van der Waals surface area contributed by atoms with E-state index in [1.807, 2.05) is 25.8 Å². The maximum Gasteiger partial charge on any atom is 0.127 e. The number of benzene rings is 1. The molecule has 0 unspecified atom stereocenters. The second-order valence-corrected chi connectivity index (χ2v) is 4.94. The van der Waals surface area contributed by atoms with Crippen LogP contribution in [0.1, 0.15) is 25.8 Å². The van der Waals surface area contributed by atoms with Crippen LogP contribution in [0.15, 0.2) is 18.2 Å². The van der Waals surface area contributed by atoms with E-state index in [4.69, 9.17) is 5.73 Å². The van der Waals surface area contributed by atoms with Crippen LogP contribution in [-0.2, 0) is 6.54 Å². The highest BCUT2D eigenvalue weighted by atomic mass is 19.1. The van der Waals surface area contributed by atoms with E-state index in [-0.39, 0.29) is 11.4 Å². The van der Waals surface area contributed by atoms with Crippen LogP contribution < -0.4 is 5.73 Å². The molecule has 2 N–H and O–H groups in total. The van der Waals surface area contributed by atoms with Gasteiger partial charge in [0, 0.05) is 17.6 Å². The van der Waals surface area contributed by atoms with Crippen molar-refractivity contribution in [3.8, 4) is 0 Å². The molecule has 0 saturated carbocycles. The first kappa shape index (κ1) is 14.1. The zero-order chi connectivity index (χ0) is 13.1. The number of nitrogens with two attached hydrogens (primary N) is 1. The second-order valence-electron chi connectivity index (χ2n) is 4.94. The Morgan fingerprint density at radius 1 is 1.29 bits per heavy atom. The van der Waals surface area contributed by atoms with E-state index in [0.29, 0.717) is 18.7 Å². The lowest BCUT2D eigenvalue weighted by molar-refractivity contribution is 0.138. The third-order valence-corrected chi connectivity index (χ3v) is 3.20. The monoisotopic (exact) mass is 242 g/mol. The molecule has 0 atom stereocenters. The van der Waals surface area contributed by atoms with Crippen molar-refractivity contribution in [2.45, 2.75) is 32.4 Å². The lowest BCUT2D eigenvalue weighted by Gasteiger charge is -2.35. The van der Waals surface area contributed by atoms with E-state index in [1.165, 1.54) is 6.07 Å². The van der Waals surface area contributed by atoms with Crippen molar-refractivity contribution in [3.05, 3.63) is 35.4 Å². The van der Waals surface area contributed by atoms with E-state index in [0.717, 1.165) is 18.6 Å². The molecule has 0 radical (unpaired) electrons. The molecule has 0 aliphatic carbocycles. The van der Waals surface area contributed by atoms with Crippen molar-refractivity contribution in [1.82, 2.24) is 4.90 Å². The Labute approximate surface area is 101 Å². The Bertz CT molecular complexity index is 378. The number of halogens is 2. The summed E-state index contributed by atoms with van der Waals surface area (Å²) in [5.41, 5.74) is 5.78. The molecule has 0 spiro atoms. The minimum Gasteiger partial charge on any atom is -0.330 e. The molecule has 2 nitrogen and oxygen atoms in total. The Kier molecular flexibility index (Phi) is 4.60. The van der Waals surface area contributed by atoms with Crippen LogP contribution in [0.3, 0.4) is 0 Å². The van der Waals surface area contributed by atoms with Gasteiger partial charge in [-0.2, -0.15) is 0 Å². The van der Waals surface area contributed by atoms with Crippen molar-refractivity contribution in [2.24, 2.45) is 5.73 Å². The van der Waals surface area contributed by atoms with Gasteiger partial charge in [-0.15, -0.1) is 0 Å². The molecule has 0 aromatic heterocycles. The highest BCUT2D eigenvalue weighted by Gasteiger charge is 2.23. The smallest absolute Gasteiger partial charge is 0.127 e. The minimum atomic E-state index is -0.411. The maximum absolute atomic E-state index is 13.5. The molecular formula is C13H20F2N2. The van der Waals surface area contributed by atoms with E-state index < -0.39 is 5.82 Å². The number of nitrogens with zero attached hydrogens (tertiary/aromatic N) is 1. The third-order valence-electron chi connectivity index (χ3n) is 3.20. The van der Waals surface area contributed by atoms with Crippen molar-refractivity contribution in [1.29, 1.82) is 0 Å². The second kappa shape index (κ2) is 5.56. The fourth-order valence-electron chi connectivity index (χ4n) is 1.68. The van der Waals surface area contributed by atoms with Gasteiger partial charge in [-0.05, 0) is 52.1 Å². The molecule has 0 aliphatic heterocycles. The average molecular weight is 242 g/mol. The van der Waals surface area contributed by atoms with Crippen LogP contribution in [0.2, 0.25) is 0 Å². The summed E-state index contributed by atoms with van der Waals surface area (Å²) in [6.07, 6.45) is 0.806. The Morgan fingerprint density at radius 2 is 1.94 bits per heavy atom. The summed E-state index contributed by atoms with van der Waals surface area (Å²) in [7, 11) is 1.89. The van der Waals surface area contributed by atoms with Crippen LogP contribution >= 0.6 is 0 Å². The summed E-state index contributed by atoms with van der Waals surface area (Å²) < 4.78 is 26.5. The largest absolute Gasteiger partial charge is 0.330 e. The lowest BCUT2D eigenvalue weighted by Crippen LogP contribution is -2.42. The molecule has 0 saturated heterocycles. The molecule has 17 heavy (non-hydrogen) atoms. The molecule has 1 aromatic carbocycles. The predicted octanol–water partition coefficient (Wildman–Crippen LogP) is 2.52. The normalized spacial score (nSPS) is 12.2. The molecule has 0 bridgehead atoms. The molecule has 4 heteroatoms. The van der Waals surface area contributed by atoms with Gasteiger partial charge >= 0.3 is 0 Å². The Hall–Kier alpha value is -1.00. The van der Waals surface area contributed by atoms with Gasteiger partial charge in [-0.25, -0.2) is 8.78 Å². The summed E-state index contributed by atoms with van der Waals surface area (Å²) in [4.78, 5) is 1.98. The first-order chi connectivity index (χ1) is 7.86. The number of rotatable bonds is 5. The summed E-state index contributed by atoms with van der Waals surface area (Å²) in [6, 6.07) is 3.53. The molecule has 0 fully saturated rings. The highest BCUT2D eigenvalue weighted by molar-refractivity contribution is 5.18. The van der Waals surface area contributed by atoms with E-state index in [2.05, 4.69) is 0 Å². The van der Waals surface area contributed by atoms with Gasteiger partial charge in [0.1, 0.15) is 11.6 Å². The molecular weight excluding hydrogens is 222 g/mol. The predicted molar refractivity (Wildman–Crippen MR) is 65.6 cm³/mol. The van der Waals surface area contributed by atoms with Crippen molar-refractivity contribution in [3.63, 3.8) is 0 Å². The van der Waals surface area contributed by atoms with Crippen LogP contribution in [-0.4, -0.2) is 24.0 Å². The van der Waals surface area contributed by atoms with Crippen LogP contribution in [0.25, 0.3) is 0 Å². The fraction of sp³-hybridized carbons (Fsp3) is 0.538. The molecule has 1 aromatic rings. The van der Waals surface area contributed by atoms with Gasteiger partial charge in [-0.1, -0.05) is 0 Å². The number of hydrogen-bond acceptors (Lipinski definition) is 2. The van der Waals surface area contributed by atoms with Gasteiger partial charge in [0.25, 0.3) is 0 Å². The summed E-state index contributed by atoms with van der Waals surface area (Å²) in [5, 5.41) is 0. The summed E-state index contributed by atoms with van der Waals surface area (Å²) in [6.45, 7) is 5.02. The highest BCUT2D eigenvalue weighted by Crippen LogP contribution is 2.20. The zero-order valence-electron chi connectivity index (χ0n) is 10.6. The van der Waals surface area contributed by atoms with Crippen molar-refractivity contribution >= 4 is 0 Å². The van der Waals surface area contributed by atoms with Crippen molar-refractivity contribution in [2.75, 3.05) is 13.6 Å². The summed E-state index contributed by atoms with van der Waals surface area (Å²) >= 11 is 0. The molecule has 0 heterocycles. The summed E-state index contributed by atoms with van der Waals surface area (Å²) in [5.74, 6) is -0.784. The van der Waals surface area contributed by atoms with Crippen LogP contribution in [0.5, 0.6) is 0 Å². The van der Waals surface area contributed by atoms with Gasteiger partial charge in [0.15, 0.2) is 0 Å². The van der Waals surface area contributed by atoms with E-state index in [9.17, 15) is 8.78 Å². The maximum atomic E-state index is 13.5. The zero-order valence-corrected chi connectivity index (χ0v) is 10.6. The van der Waals surface area contributed by atoms with Gasteiger partial charge in [-0.3, -0.25) is 4.90 Å². The molecule has 0 aliphatic rings. The lowest BCUT2D eigenvalue weighted by atomic mass is 9.98. The minimum absolute atomic E-state index is 0.131. The van der Waals surface area contributed by atoms with E-state index in [1.54, 1.807) is 0 Å². The van der Waals surface area contributed by atoms with Crippen LogP contribution in [0, 0.1) is 11.6 Å². The first-order valence-corrected chi connectivity index (χ1v) is 5.72. The average Bonchev–Trinajstić information content (AvgIpc) is 2.23. The quantitative estimate of drug-likeness (QED) is 0.859. The Morgan fingerprint density at radius 3 is 2.53 bits per heavy atom. The van der Waals surface area contributed by atoms with Gasteiger partial charge in [0.2, 0.25) is 0 Å². The first-order valence-electron chi connectivity index (χ1n) is 5.72.